The summed E-state index contributed by atoms with van der Waals surface area (Å²) in [4.78, 5) is 16.1. The average molecular weight is 361 g/mol. The number of alkyl halides is 1. The Bertz CT molecular complexity index is 326. The molecule has 0 unspecified atom stereocenters. The molecule has 0 N–H and O–H groups in total. The summed E-state index contributed by atoms with van der Waals surface area (Å²) in [6, 6.07) is 3.03. The van der Waals surface area contributed by atoms with Crippen LogP contribution in [0.3, 0.4) is 0 Å². The Morgan fingerprint density at radius 2 is 1.78 bits per heavy atom. The molecular weight excluding hydrogens is 341 g/mol. The summed E-state index contributed by atoms with van der Waals surface area (Å²) in [7, 11) is 0. The Labute approximate surface area is 122 Å². The predicted molar refractivity (Wildman–Crippen MR) is 78.4 cm³/mol. The van der Waals surface area contributed by atoms with Gasteiger partial charge in [0.1, 0.15) is 0 Å². The topological polar surface area (TPSA) is 47.3 Å². The zero-order valence-electron chi connectivity index (χ0n) is 10.6. The minimum atomic E-state index is 0.267. The summed E-state index contributed by atoms with van der Waals surface area (Å²) in [6.45, 7) is 3.76. The average Bonchev–Trinajstić information content (AvgIpc) is 2.47. The third kappa shape index (κ3) is 3.35. The van der Waals surface area contributed by atoms with Crippen molar-refractivity contribution in [2.45, 2.75) is 31.7 Å². The van der Waals surface area contributed by atoms with Gasteiger partial charge in [0.2, 0.25) is 5.91 Å². The lowest BCUT2D eigenvalue weighted by molar-refractivity contribution is -0.130. The van der Waals surface area contributed by atoms with Crippen molar-refractivity contribution in [2.24, 2.45) is 5.92 Å². The maximum absolute atomic E-state index is 11.6. The molecule has 1 saturated heterocycles. The molecule has 1 heterocycles. The van der Waals surface area contributed by atoms with Gasteiger partial charge in [-0.1, -0.05) is 22.6 Å². The third-order valence-corrected chi connectivity index (χ3v) is 4.83. The van der Waals surface area contributed by atoms with E-state index < -0.39 is 0 Å². The lowest BCUT2D eigenvalue weighted by Crippen LogP contribution is -2.52. The van der Waals surface area contributed by atoms with E-state index in [1.165, 1.54) is 0 Å². The quantitative estimate of drug-likeness (QED) is 0.555. The van der Waals surface area contributed by atoms with E-state index in [-0.39, 0.29) is 11.8 Å². The van der Waals surface area contributed by atoms with Crippen molar-refractivity contribution in [3.05, 3.63) is 0 Å². The summed E-state index contributed by atoms with van der Waals surface area (Å²) in [5, 5.41) is 8.90. The lowest BCUT2D eigenvalue weighted by atomic mass is 9.86. The van der Waals surface area contributed by atoms with Crippen molar-refractivity contribution in [3.63, 3.8) is 0 Å². The van der Waals surface area contributed by atoms with Crippen LogP contribution in [-0.2, 0) is 4.79 Å². The summed E-state index contributed by atoms with van der Waals surface area (Å²) in [5.74, 6) is 0.548. The Balaban J connectivity index is 1.77. The van der Waals surface area contributed by atoms with Crippen LogP contribution in [0.5, 0.6) is 0 Å². The van der Waals surface area contributed by atoms with E-state index in [2.05, 4.69) is 33.6 Å². The molecule has 2 fully saturated rings. The van der Waals surface area contributed by atoms with Gasteiger partial charge < -0.3 is 4.90 Å². The first-order valence-electron chi connectivity index (χ1n) is 6.72. The van der Waals surface area contributed by atoms with E-state index in [1.54, 1.807) is 0 Å². The normalized spacial score (nSPS) is 29.9. The second-order valence-corrected chi connectivity index (χ2v) is 5.95. The molecule has 1 amide bonds. The summed E-state index contributed by atoms with van der Waals surface area (Å²) in [6.07, 6.45) is 4.40. The molecule has 0 aromatic carbocycles. The van der Waals surface area contributed by atoms with Crippen molar-refractivity contribution in [1.82, 2.24) is 9.80 Å². The fourth-order valence-electron chi connectivity index (χ4n) is 2.99. The lowest BCUT2D eigenvalue weighted by Gasteiger charge is -2.41. The summed E-state index contributed by atoms with van der Waals surface area (Å²) >= 11 is 2.14. The van der Waals surface area contributed by atoms with Gasteiger partial charge in [-0.3, -0.25) is 9.69 Å². The second kappa shape index (κ2) is 6.71. The van der Waals surface area contributed by atoms with Crippen LogP contribution in [0.2, 0.25) is 0 Å². The standard InChI is InChI=1S/C13H20IN3O/c14-9-13(18)17-7-5-16(6-8-17)12-3-1-11(10-15)2-4-12/h11-12H,1-9H2/t11-,12-. The second-order valence-electron chi connectivity index (χ2n) is 5.18. The van der Waals surface area contributed by atoms with Crippen molar-refractivity contribution < 1.29 is 4.79 Å². The first-order chi connectivity index (χ1) is 8.74. The molecule has 0 aromatic rings. The Hall–Kier alpha value is -0.350. The molecule has 2 rings (SSSR count). The van der Waals surface area contributed by atoms with Crippen LogP contribution in [0.15, 0.2) is 0 Å². The predicted octanol–water partition coefficient (Wildman–Crippen LogP) is 1.65. The van der Waals surface area contributed by atoms with Gasteiger partial charge in [0.15, 0.2) is 0 Å². The highest BCUT2D eigenvalue weighted by molar-refractivity contribution is 14.1. The Morgan fingerprint density at radius 3 is 2.28 bits per heavy atom. The van der Waals surface area contributed by atoms with Crippen LogP contribution in [0, 0.1) is 17.2 Å². The fraction of sp³-hybridized carbons (Fsp3) is 0.846. The summed E-state index contributed by atoms with van der Waals surface area (Å²) in [5.41, 5.74) is 0. The van der Waals surface area contributed by atoms with E-state index in [0.29, 0.717) is 10.5 Å². The molecule has 5 heteroatoms. The van der Waals surface area contributed by atoms with Gasteiger partial charge >= 0.3 is 0 Å². The van der Waals surface area contributed by atoms with E-state index in [0.717, 1.165) is 51.9 Å². The van der Waals surface area contributed by atoms with Crippen molar-refractivity contribution in [3.8, 4) is 6.07 Å². The molecule has 0 atom stereocenters. The first-order valence-corrected chi connectivity index (χ1v) is 8.24. The van der Waals surface area contributed by atoms with Crippen LogP contribution >= 0.6 is 22.6 Å². The first kappa shape index (κ1) is 14.1. The molecule has 2 aliphatic rings. The zero-order chi connectivity index (χ0) is 13.0. The minimum Gasteiger partial charge on any atom is -0.339 e. The van der Waals surface area contributed by atoms with E-state index in [9.17, 15) is 4.79 Å². The van der Waals surface area contributed by atoms with Crippen LogP contribution in [0.1, 0.15) is 25.7 Å². The van der Waals surface area contributed by atoms with Gasteiger partial charge in [-0.2, -0.15) is 5.26 Å². The molecule has 0 radical (unpaired) electrons. The number of piperazine rings is 1. The molecule has 4 nitrogen and oxygen atoms in total. The van der Waals surface area contributed by atoms with Crippen molar-refractivity contribution >= 4 is 28.5 Å². The zero-order valence-corrected chi connectivity index (χ0v) is 12.8. The Kier molecular flexibility index (Phi) is 5.25. The van der Waals surface area contributed by atoms with Gasteiger partial charge in [-0.25, -0.2) is 0 Å². The van der Waals surface area contributed by atoms with E-state index >= 15 is 0 Å². The highest BCUT2D eigenvalue weighted by Crippen LogP contribution is 2.27. The van der Waals surface area contributed by atoms with Gasteiger partial charge in [0, 0.05) is 38.1 Å². The minimum absolute atomic E-state index is 0.267. The summed E-state index contributed by atoms with van der Waals surface area (Å²) < 4.78 is 0.588. The Morgan fingerprint density at radius 1 is 1.17 bits per heavy atom. The molecule has 1 aliphatic heterocycles. The smallest absolute Gasteiger partial charge is 0.232 e. The SMILES string of the molecule is N#C[C@H]1CC[C@H](N2CCN(C(=O)CI)CC2)CC1. The molecular formula is C13H20IN3O. The largest absolute Gasteiger partial charge is 0.339 e. The van der Waals surface area contributed by atoms with Crippen molar-refractivity contribution in [1.29, 1.82) is 5.26 Å². The number of nitriles is 1. The number of hydrogen-bond acceptors (Lipinski definition) is 3. The highest BCUT2D eigenvalue weighted by atomic mass is 127. The number of carbonyl (C=O) groups is 1. The number of nitrogens with zero attached hydrogens (tertiary/aromatic N) is 3. The van der Waals surface area contributed by atoms with E-state index in [1.807, 2.05) is 4.90 Å². The fourth-order valence-corrected chi connectivity index (χ4v) is 3.47. The number of amides is 1. The number of halogens is 1. The van der Waals surface area contributed by atoms with Gasteiger partial charge in [0.25, 0.3) is 0 Å². The number of carbonyl (C=O) groups excluding carboxylic acids is 1. The number of hydrogen-bond donors (Lipinski definition) is 0. The van der Waals surface area contributed by atoms with E-state index in [4.69, 9.17) is 5.26 Å². The monoisotopic (exact) mass is 361 g/mol. The van der Waals surface area contributed by atoms with Crippen LogP contribution < -0.4 is 0 Å². The van der Waals surface area contributed by atoms with Crippen LogP contribution in [0.4, 0.5) is 0 Å². The highest BCUT2D eigenvalue weighted by Gasteiger charge is 2.29. The molecule has 0 bridgehead atoms. The maximum atomic E-state index is 11.6. The maximum Gasteiger partial charge on any atom is 0.232 e. The molecule has 18 heavy (non-hydrogen) atoms. The third-order valence-electron chi connectivity index (χ3n) is 4.18. The van der Waals surface area contributed by atoms with Gasteiger partial charge in [0.05, 0.1) is 10.5 Å². The van der Waals surface area contributed by atoms with Crippen LogP contribution in [0.25, 0.3) is 0 Å². The molecule has 1 saturated carbocycles. The number of rotatable bonds is 2. The molecule has 1 aliphatic carbocycles. The van der Waals surface area contributed by atoms with Gasteiger partial charge in [-0.05, 0) is 25.7 Å². The molecule has 100 valence electrons. The molecule has 0 spiro atoms. The van der Waals surface area contributed by atoms with Crippen molar-refractivity contribution in [2.75, 3.05) is 30.6 Å². The van der Waals surface area contributed by atoms with Gasteiger partial charge in [-0.15, -0.1) is 0 Å². The molecule has 0 aromatic heterocycles. The van der Waals surface area contributed by atoms with Crippen LogP contribution in [-0.4, -0.2) is 52.4 Å².